The second kappa shape index (κ2) is 5.18. The largest absolute Gasteiger partial charge is 1.00 e. The van der Waals surface area contributed by atoms with Crippen molar-refractivity contribution in [3.05, 3.63) is 54.6 Å². The predicted octanol–water partition coefficient (Wildman–Crippen LogP) is 0.700. The minimum Gasteiger partial charge on any atom is -1.00 e. The average Bonchev–Trinajstić information content (AvgIpc) is 2.81. The fraction of sp³-hybridized carbons (Fsp3) is 0.167. The molecule has 0 bridgehead atoms. The summed E-state index contributed by atoms with van der Waals surface area (Å²) in [6.45, 7) is 4.44. The molecule has 0 amide bonds. The van der Waals surface area contributed by atoms with Crippen LogP contribution in [-0.4, -0.2) is 4.57 Å². The minimum atomic E-state index is 0. The van der Waals surface area contributed by atoms with E-state index in [0.29, 0.717) is 6.04 Å². The number of fused-ring (bicyclic) bond motifs is 5. The molecule has 3 nitrogen and oxygen atoms in total. The Labute approximate surface area is 135 Å². The fourth-order valence-electron chi connectivity index (χ4n) is 3.24. The second-order valence-electron chi connectivity index (χ2n) is 5.80. The van der Waals surface area contributed by atoms with Crippen LogP contribution >= 0.6 is 0 Å². The van der Waals surface area contributed by atoms with Gasteiger partial charge in [0.1, 0.15) is 5.52 Å². The van der Waals surface area contributed by atoms with Gasteiger partial charge in [0.15, 0.2) is 11.0 Å². The van der Waals surface area contributed by atoms with Crippen LogP contribution in [0.15, 0.2) is 54.6 Å². The van der Waals surface area contributed by atoms with E-state index in [1.165, 1.54) is 27.6 Å². The van der Waals surface area contributed by atoms with Gasteiger partial charge in [-0.2, -0.15) is 4.40 Å². The molecule has 2 heterocycles. The number of benzene rings is 2. The van der Waals surface area contributed by atoms with Gasteiger partial charge in [-0.25, -0.2) is 4.57 Å². The van der Waals surface area contributed by atoms with Crippen LogP contribution in [0, 0.1) is 0 Å². The molecule has 4 rings (SSSR count). The molecule has 0 aliphatic rings. The number of aromatic nitrogens is 2. The number of hydrogen-bond donors (Lipinski definition) is 1. The van der Waals surface area contributed by atoms with Crippen LogP contribution in [0.1, 0.15) is 19.9 Å². The lowest BCUT2D eigenvalue weighted by Crippen LogP contribution is -3.00. The lowest BCUT2D eigenvalue weighted by molar-refractivity contribution is -0.450. The molecule has 22 heavy (non-hydrogen) atoms. The predicted molar refractivity (Wildman–Crippen MR) is 87.4 cm³/mol. The van der Waals surface area contributed by atoms with E-state index in [2.05, 4.69) is 65.3 Å². The molecule has 112 valence electrons. The monoisotopic (exact) mass is 311 g/mol. The summed E-state index contributed by atoms with van der Waals surface area (Å²) >= 11 is 0. The SMILES string of the molecule is CC(C)n1c2ccccc2[n+]2c3ccc(N)cc3ccc12.[Cl-]. The van der Waals surface area contributed by atoms with Gasteiger partial charge >= 0.3 is 0 Å². The van der Waals surface area contributed by atoms with Crippen LogP contribution in [0.25, 0.3) is 27.6 Å². The van der Waals surface area contributed by atoms with E-state index in [-0.39, 0.29) is 12.4 Å². The molecule has 0 fully saturated rings. The number of nitrogen functional groups attached to an aromatic ring is 1. The summed E-state index contributed by atoms with van der Waals surface area (Å²) < 4.78 is 4.70. The highest BCUT2D eigenvalue weighted by atomic mass is 35.5. The fourth-order valence-corrected chi connectivity index (χ4v) is 3.24. The number of pyridine rings is 1. The van der Waals surface area contributed by atoms with E-state index < -0.39 is 0 Å². The zero-order valence-electron chi connectivity index (χ0n) is 12.6. The van der Waals surface area contributed by atoms with Gasteiger partial charge in [-0.1, -0.05) is 12.1 Å². The number of nitrogens with two attached hydrogens (primary N) is 1. The van der Waals surface area contributed by atoms with Gasteiger partial charge in [0, 0.05) is 17.1 Å². The molecule has 0 aliphatic carbocycles. The first-order chi connectivity index (χ1) is 10.2. The first kappa shape index (κ1) is 14.7. The van der Waals surface area contributed by atoms with E-state index in [9.17, 15) is 0 Å². The Morgan fingerprint density at radius 1 is 0.955 bits per heavy atom. The topological polar surface area (TPSA) is 35.0 Å². The van der Waals surface area contributed by atoms with Gasteiger partial charge in [0.25, 0.3) is 5.65 Å². The Morgan fingerprint density at radius 3 is 2.50 bits per heavy atom. The highest BCUT2D eigenvalue weighted by Crippen LogP contribution is 2.24. The number of imidazole rings is 1. The van der Waals surface area contributed by atoms with E-state index in [0.717, 1.165) is 5.69 Å². The third-order valence-corrected chi connectivity index (χ3v) is 4.08. The van der Waals surface area contributed by atoms with Gasteiger partial charge in [-0.15, -0.1) is 0 Å². The summed E-state index contributed by atoms with van der Waals surface area (Å²) in [6, 6.07) is 19.4. The summed E-state index contributed by atoms with van der Waals surface area (Å²) in [5.41, 5.74) is 11.6. The molecule has 4 aromatic rings. The van der Waals surface area contributed by atoms with E-state index in [1.807, 2.05) is 12.1 Å². The zero-order chi connectivity index (χ0) is 14.6. The summed E-state index contributed by atoms with van der Waals surface area (Å²) in [7, 11) is 0. The zero-order valence-corrected chi connectivity index (χ0v) is 13.4. The Bertz CT molecular complexity index is 986. The van der Waals surface area contributed by atoms with Crippen molar-refractivity contribution in [2.45, 2.75) is 19.9 Å². The molecule has 2 aromatic heterocycles. The summed E-state index contributed by atoms with van der Waals surface area (Å²) in [5, 5.41) is 1.17. The van der Waals surface area contributed by atoms with Crippen molar-refractivity contribution in [2.24, 2.45) is 0 Å². The van der Waals surface area contributed by atoms with Crippen molar-refractivity contribution in [3.63, 3.8) is 0 Å². The normalized spacial score (nSPS) is 11.4. The van der Waals surface area contributed by atoms with Crippen LogP contribution < -0.4 is 22.5 Å². The molecule has 0 aliphatic heterocycles. The Kier molecular flexibility index (Phi) is 3.45. The summed E-state index contributed by atoms with van der Waals surface area (Å²) in [6.07, 6.45) is 0. The van der Waals surface area contributed by atoms with Crippen LogP contribution in [0.2, 0.25) is 0 Å². The van der Waals surface area contributed by atoms with Crippen molar-refractivity contribution >= 4 is 33.3 Å². The van der Waals surface area contributed by atoms with Crippen LogP contribution in [0.4, 0.5) is 5.69 Å². The Hall–Kier alpha value is -2.26. The molecule has 2 aromatic carbocycles. The van der Waals surface area contributed by atoms with Crippen LogP contribution in [-0.2, 0) is 0 Å². The lowest BCUT2D eigenvalue weighted by atomic mass is 10.2. The molecular weight excluding hydrogens is 294 g/mol. The van der Waals surface area contributed by atoms with Gasteiger partial charge in [0.05, 0.1) is 6.04 Å². The second-order valence-corrected chi connectivity index (χ2v) is 5.80. The summed E-state index contributed by atoms with van der Waals surface area (Å²) in [4.78, 5) is 0. The number of hydrogen-bond acceptors (Lipinski definition) is 1. The molecule has 0 spiro atoms. The van der Waals surface area contributed by atoms with E-state index in [4.69, 9.17) is 5.73 Å². The number of halogens is 1. The first-order valence-corrected chi connectivity index (χ1v) is 7.30. The third kappa shape index (κ3) is 1.93. The molecule has 4 heteroatoms. The van der Waals surface area contributed by atoms with E-state index in [1.54, 1.807) is 0 Å². The van der Waals surface area contributed by atoms with E-state index >= 15 is 0 Å². The molecule has 0 unspecified atom stereocenters. The average molecular weight is 312 g/mol. The van der Waals surface area contributed by atoms with Gasteiger partial charge in [-0.3, -0.25) is 0 Å². The van der Waals surface area contributed by atoms with Gasteiger partial charge < -0.3 is 18.1 Å². The summed E-state index contributed by atoms with van der Waals surface area (Å²) in [5.74, 6) is 0. The molecule has 0 radical (unpaired) electrons. The molecule has 0 atom stereocenters. The van der Waals surface area contributed by atoms with Crippen molar-refractivity contribution in [3.8, 4) is 0 Å². The van der Waals surface area contributed by atoms with Crippen molar-refractivity contribution in [2.75, 3.05) is 5.73 Å². The van der Waals surface area contributed by atoms with Gasteiger partial charge in [-0.05, 0) is 50.2 Å². The van der Waals surface area contributed by atoms with Crippen molar-refractivity contribution < 1.29 is 16.8 Å². The highest BCUT2D eigenvalue weighted by Gasteiger charge is 2.22. The quantitative estimate of drug-likeness (QED) is 0.408. The lowest BCUT2D eigenvalue weighted by Gasteiger charge is -2.03. The number of rotatable bonds is 1. The number of nitrogens with zero attached hydrogens (tertiary/aromatic N) is 2. The maximum Gasteiger partial charge on any atom is 0.287 e. The first-order valence-electron chi connectivity index (χ1n) is 7.30. The third-order valence-electron chi connectivity index (χ3n) is 4.08. The standard InChI is InChI=1S/C18H18N3.ClH/c1-12(2)20-16-5-3-4-6-17(16)21-15-9-8-14(19)11-13(15)7-10-18(20)21;/h3-12H,19H2,1-2H3;1H/q+1;/p-1. The molecular formula is C18H18ClN3. The molecule has 2 N–H and O–H groups in total. The maximum absolute atomic E-state index is 5.92. The smallest absolute Gasteiger partial charge is 0.287 e. The minimum absolute atomic E-state index is 0. The van der Waals surface area contributed by atoms with Crippen LogP contribution in [0.3, 0.4) is 0 Å². The maximum atomic E-state index is 5.92. The van der Waals surface area contributed by atoms with Gasteiger partial charge in [0.2, 0.25) is 0 Å². The Morgan fingerprint density at radius 2 is 1.73 bits per heavy atom. The number of anilines is 1. The molecule has 0 saturated heterocycles. The molecule has 0 saturated carbocycles. The van der Waals surface area contributed by atoms with Crippen LogP contribution in [0.5, 0.6) is 0 Å². The Balaban J connectivity index is 0.00000144. The van der Waals surface area contributed by atoms with Crippen molar-refractivity contribution in [1.29, 1.82) is 0 Å². The number of para-hydroxylation sites is 2. The highest BCUT2D eigenvalue weighted by molar-refractivity contribution is 5.84. The van der Waals surface area contributed by atoms with Crippen molar-refractivity contribution in [1.82, 2.24) is 4.57 Å².